The number of guanidine groups is 1. The molecule has 0 aliphatic carbocycles. The molecule has 0 saturated carbocycles. The highest BCUT2D eigenvalue weighted by atomic mass is 127. The Balaban J connectivity index is 0.00000441. The number of hydrogen-bond acceptors (Lipinski definition) is 4. The number of methoxy groups -OCH3 is 1. The minimum absolute atomic E-state index is 0. The van der Waals surface area contributed by atoms with Gasteiger partial charge in [-0.25, -0.2) is 9.98 Å². The van der Waals surface area contributed by atoms with Crippen LogP contribution in [0.3, 0.4) is 0 Å². The number of aliphatic imine (C=N–C) groups is 1. The molecule has 7 heteroatoms. The summed E-state index contributed by atoms with van der Waals surface area (Å²) in [6.45, 7) is 4.49. The van der Waals surface area contributed by atoms with Crippen LogP contribution in [0, 0.1) is 0 Å². The maximum Gasteiger partial charge on any atom is 0.213 e. The van der Waals surface area contributed by atoms with E-state index in [0.717, 1.165) is 31.0 Å². The summed E-state index contributed by atoms with van der Waals surface area (Å²) in [4.78, 5) is 8.68. The molecule has 0 atom stereocenters. The van der Waals surface area contributed by atoms with Gasteiger partial charge in [0.25, 0.3) is 0 Å². The van der Waals surface area contributed by atoms with E-state index in [4.69, 9.17) is 4.74 Å². The molecule has 2 N–H and O–H groups in total. The van der Waals surface area contributed by atoms with Crippen molar-refractivity contribution in [1.82, 2.24) is 15.6 Å². The summed E-state index contributed by atoms with van der Waals surface area (Å²) in [6, 6.07) is 3.86. The smallest absolute Gasteiger partial charge is 0.213 e. The first-order valence-electron chi connectivity index (χ1n) is 7.30. The van der Waals surface area contributed by atoms with Gasteiger partial charge < -0.3 is 15.4 Å². The molecule has 0 amide bonds. The van der Waals surface area contributed by atoms with Gasteiger partial charge in [0.05, 0.1) is 13.7 Å². The van der Waals surface area contributed by atoms with E-state index >= 15 is 0 Å². The number of rotatable bonds is 9. The number of unbranched alkanes of at least 4 members (excludes halogenated alkanes) is 1. The Bertz CT molecular complexity index is 432. The van der Waals surface area contributed by atoms with E-state index in [1.807, 2.05) is 23.9 Å². The first-order chi connectivity index (χ1) is 10.3. The topological polar surface area (TPSA) is 58.5 Å². The van der Waals surface area contributed by atoms with Gasteiger partial charge in [0.2, 0.25) is 5.88 Å². The Hall–Kier alpha value is -0.700. The predicted molar refractivity (Wildman–Crippen MR) is 107 cm³/mol. The molecule has 126 valence electrons. The summed E-state index contributed by atoms with van der Waals surface area (Å²) in [5, 5.41) is 6.62. The Morgan fingerprint density at radius 2 is 2.18 bits per heavy atom. The minimum Gasteiger partial charge on any atom is -0.481 e. The third-order valence-electron chi connectivity index (χ3n) is 2.84. The average Bonchev–Trinajstić information content (AvgIpc) is 2.52. The van der Waals surface area contributed by atoms with Crippen LogP contribution in [-0.4, -0.2) is 43.2 Å². The van der Waals surface area contributed by atoms with Gasteiger partial charge >= 0.3 is 0 Å². The Morgan fingerprint density at radius 3 is 2.86 bits per heavy atom. The molecule has 0 saturated heterocycles. The summed E-state index contributed by atoms with van der Waals surface area (Å²) in [5.74, 6) is 2.70. The number of nitrogens with one attached hydrogen (secondary N) is 2. The monoisotopic (exact) mass is 438 g/mol. The fourth-order valence-electron chi connectivity index (χ4n) is 1.75. The van der Waals surface area contributed by atoms with Crippen LogP contribution in [0.1, 0.15) is 25.3 Å². The molecule has 1 heterocycles. The molecule has 0 unspecified atom stereocenters. The van der Waals surface area contributed by atoms with Gasteiger partial charge in [-0.1, -0.05) is 0 Å². The lowest BCUT2D eigenvalue weighted by atomic mass is 10.3. The van der Waals surface area contributed by atoms with Gasteiger partial charge in [-0.2, -0.15) is 11.8 Å². The van der Waals surface area contributed by atoms with Crippen molar-refractivity contribution in [2.75, 3.05) is 32.2 Å². The van der Waals surface area contributed by atoms with Crippen LogP contribution in [0.25, 0.3) is 0 Å². The minimum atomic E-state index is 0. The van der Waals surface area contributed by atoms with Crippen molar-refractivity contribution >= 4 is 41.7 Å². The molecule has 1 aromatic heterocycles. The highest BCUT2D eigenvalue weighted by molar-refractivity contribution is 14.0. The molecule has 5 nitrogen and oxygen atoms in total. The number of thioether (sulfide) groups is 1. The zero-order chi connectivity index (χ0) is 15.3. The molecule has 0 radical (unpaired) electrons. The van der Waals surface area contributed by atoms with Gasteiger partial charge in [-0.15, -0.1) is 24.0 Å². The van der Waals surface area contributed by atoms with E-state index < -0.39 is 0 Å². The molecule has 1 rings (SSSR count). The van der Waals surface area contributed by atoms with E-state index in [0.29, 0.717) is 12.4 Å². The predicted octanol–water partition coefficient (Wildman–Crippen LogP) is 2.91. The third kappa shape index (κ3) is 9.34. The van der Waals surface area contributed by atoms with Crippen LogP contribution in [0.5, 0.6) is 5.88 Å². The normalized spacial score (nSPS) is 10.8. The average molecular weight is 438 g/mol. The maximum absolute atomic E-state index is 5.12. The van der Waals surface area contributed by atoms with Crippen LogP contribution in [0.15, 0.2) is 23.3 Å². The molecular weight excluding hydrogens is 411 g/mol. The highest BCUT2D eigenvalue weighted by Crippen LogP contribution is 2.09. The van der Waals surface area contributed by atoms with Crippen LogP contribution in [0.4, 0.5) is 0 Å². The second-order valence-electron chi connectivity index (χ2n) is 4.53. The number of aromatic nitrogens is 1. The van der Waals surface area contributed by atoms with Crippen molar-refractivity contribution in [2.24, 2.45) is 4.99 Å². The van der Waals surface area contributed by atoms with Gasteiger partial charge in [0.15, 0.2) is 5.96 Å². The fraction of sp³-hybridized carbons (Fsp3) is 0.600. The van der Waals surface area contributed by atoms with Crippen LogP contribution < -0.4 is 15.4 Å². The van der Waals surface area contributed by atoms with Gasteiger partial charge in [0, 0.05) is 25.4 Å². The molecule has 0 aliphatic rings. The first-order valence-corrected chi connectivity index (χ1v) is 8.69. The molecule has 0 aromatic carbocycles. The molecular formula is C15H27IN4OS. The van der Waals surface area contributed by atoms with Crippen LogP contribution in [0.2, 0.25) is 0 Å². The lowest BCUT2D eigenvalue weighted by Gasteiger charge is -2.11. The number of nitrogens with zero attached hydrogens (tertiary/aromatic N) is 2. The SMILES string of the molecule is CCNC(=NCc1ccnc(OC)c1)NCCCCSC.I. The number of pyridine rings is 1. The summed E-state index contributed by atoms with van der Waals surface area (Å²) in [5.41, 5.74) is 1.08. The summed E-state index contributed by atoms with van der Waals surface area (Å²) >= 11 is 1.89. The van der Waals surface area contributed by atoms with Crippen LogP contribution in [-0.2, 0) is 6.54 Å². The van der Waals surface area contributed by atoms with Crippen LogP contribution >= 0.6 is 35.7 Å². The van der Waals surface area contributed by atoms with E-state index in [9.17, 15) is 0 Å². The molecule has 1 aromatic rings. The van der Waals surface area contributed by atoms with Gasteiger partial charge in [-0.05, 0) is 43.4 Å². The lowest BCUT2D eigenvalue weighted by Crippen LogP contribution is -2.37. The molecule has 0 bridgehead atoms. The second kappa shape index (κ2) is 13.9. The van der Waals surface area contributed by atoms with E-state index in [-0.39, 0.29) is 24.0 Å². The van der Waals surface area contributed by atoms with Crippen molar-refractivity contribution in [3.63, 3.8) is 0 Å². The maximum atomic E-state index is 5.12. The number of ether oxygens (including phenoxy) is 1. The van der Waals surface area contributed by atoms with Crippen molar-refractivity contribution in [1.29, 1.82) is 0 Å². The summed E-state index contributed by atoms with van der Waals surface area (Å²) in [6.07, 6.45) is 6.28. The quantitative estimate of drug-likeness (QED) is 0.269. The fourth-order valence-corrected chi connectivity index (χ4v) is 2.24. The third-order valence-corrected chi connectivity index (χ3v) is 3.54. The standard InChI is InChI=1S/C15H26N4OS.HI/c1-4-16-15(18-8-5-6-10-21-3)19-12-13-7-9-17-14(11-13)20-2;/h7,9,11H,4-6,8,10,12H2,1-3H3,(H2,16,18,19);1H. The molecule has 0 spiro atoms. The number of halogens is 1. The largest absolute Gasteiger partial charge is 0.481 e. The first kappa shape index (κ1) is 21.3. The summed E-state index contributed by atoms with van der Waals surface area (Å²) in [7, 11) is 1.62. The van der Waals surface area contributed by atoms with Crippen molar-refractivity contribution in [3.05, 3.63) is 23.9 Å². The molecule has 0 aliphatic heterocycles. The van der Waals surface area contributed by atoms with Crippen molar-refractivity contribution in [2.45, 2.75) is 26.3 Å². The van der Waals surface area contributed by atoms with E-state index in [1.165, 1.54) is 12.2 Å². The van der Waals surface area contributed by atoms with Gasteiger partial charge in [0.1, 0.15) is 0 Å². The Kier molecular flexibility index (Phi) is 13.5. The molecule has 0 fully saturated rings. The van der Waals surface area contributed by atoms with Gasteiger partial charge in [-0.3, -0.25) is 0 Å². The zero-order valence-corrected chi connectivity index (χ0v) is 16.7. The van der Waals surface area contributed by atoms with E-state index in [1.54, 1.807) is 13.3 Å². The lowest BCUT2D eigenvalue weighted by molar-refractivity contribution is 0.397. The zero-order valence-electron chi connectivity index (χ0n) is 13.6. The highest BCUT2D eigenvalue weighted by Gasteiger charge is 1.99. The summed E-state index contributed by atoms with van der Waals surface area (Å²) < 4.78 is 5.12. The Labute approximate surface area is 155 Å². The Morgan fingerprint density at radius 1 is 1.36 bits per heavy atom. The second-order valence-corrected chi connectivity index (χ2v) is 5.51. The van der Waals surface area contributed by atoms with Crippen molar-refractivity contribution in [3.8, 4) is 5.88 Å². The number of hydrogen-bond donors (Lipinski definition) is 2. The molecule has 22 heavy (non-hydrogen) atoms. The van der Waals surface area contributed by atoms with E-state index in [2.05, 4.69) is 33.8 Å². The van der Waals surface area contributed by atoms with Crippen molar-refractivity contribution < 1.29 is 4.74 Å².